The van der Waals surface area contributed by atoms with Crippen LogP contribution in [0.5, 0.6) is 0 Å². The van der Waals surface area contributed by atoms with Crippen LogP contribution in [-0.4, -0.2) is 101 Å². The fourth-order valence-corrected chi connectivity index (χ4v) is 0.528. The molecule has 14 N–H and O–H groups in total. The van der Waals surface area contributed by atoms with Gasteiger partial charge < -0.3 is 72.3 Å². The molecule has 18 heteroatoms. The second-order valence-corrected chi connectivity index (χ2v) is 3.09. The summed E-state index contributed by atoms with van der Waals surface area (Å²) in [5.41, 5.74) is 0. The molecule has 0 bridgehead atoms. The maximum atomic E-state index is 9.77. The van der Waals surface area contributed by atoms with Crippen molar-refractivity contribution in [3.05, 3.63) is 0 Å². The maximum Gasteiger partial charge on any atom is 1.00 e. The van der Waals surface area contributed by atoms with Gasteiger partial charge in [-0.1, -0.05) is 0 Å². The summed E-state index contributed by atoms with van der Waals surface area (Å²) < 4.78 is 0. The Hall–Kier alpha value is 0.196. The van der Waals surface area contributed by atoms with Gasteiger partial charge in [-0.2, -0.15) is 0 Å². The van der Waals surface area contributed by atoms with Crippen molar-refractivity contribution in [3.8, 4) is 0 Å². The molecule has 0 saturated carbocycles. The molecular weight excluding hydrogens is 414 g/mol. The molecule has 0 rings (SSSR count). The Morgan fingerprint density at radius 3 is 0.808 bits per heavy atom. The summed E-state index contributed by atoms with van der Waals surface area (Å²) in [6, 6.07) is 0. The number of rotatable bonds is 6. The molecule has 0 saturated heterocycles. The van der Waals surface area contributed by atoms with Gasteiger partial charge in [-0.05, 0) is 0 Å². The Kier molecular flexibility index (Phi) is 48.7. The van der Waals surface area contributed by atoms with Crippen LogP contribution in [0.4, 0.5) is 0 Å². The molecule has 0 aromatic carbocycles. The van der Waals surface area contributed by atoms with E-state index in [9.17, 15) is 29.4 Å². The number of hydrogen-bond acceptors (Lipinski definition) is 10. The SMILES string of the molecule is O.O.O.O.O=C(O)C(O)C(O)C(=O)O.O=C([O-])C(O)C(O)C(=O)[O-].[K+].[Na+]. The van der Waals surface area contributed by atoms with Crippen molar-refractivity contribution in [1.29, 1.82) is 0 Å². The molecule has 0 aromatic heterocycles. The third kappa shape index (κ3) is 22.2. The Balaban J connectivity index is -0.0000000337. The quantitative estimate of drug-likeness (QED) is 0.213. The second kappa shape index (κ2) is 25.2. The zero-order valence-corrected chi connectivity index (χ0v) is 18.6. The molecule has 0 aliphatic carbocycles. The second-order valence-electron chi connectivity index (χ2n) is 3.09. The van der Waals surface area contributed by atoms with E-state index in [0.717, 1.165) is 0 Å². The number of carbonyl (C=O) groups excluding carboxylic acids is 2. The number of carboxylic acids is 4. The van der Waals surface area contributed by atoms with Crippen LogP contribution in [0.1, 0.15) is 0 Å². The van der Waals surface area contributed by atoms with E-state index in [-0.39, 0.29) is 103 Å². The third-order valence-corrected chi connectivity index (χ3v) is 1.59. The van der Waals surface area contributed by atoms with Crippen molar-refractivity contribution >= 4 is 23.9 Å². The largest absolute Gasteiger partial charge is 1.00 e. The molecule has 0 aliphatic rings. The van der Waals surface area contributed by atoms with Crippen molar-refractivity contribution in [1.82, 2.24) is 0 Å². The number of carbonyl (C=O) groups is 4. The number of aliphatic hydroxyl groups excluding tert-OH is 4. The molecule has 0 radical (unpaired) electrons. The first-order chi connectivity index (χ1) is 8.93. The van der Waals surface area contributed by atoms with Crippen LogP contribution in [0, 0.1) is 0 Å². The molecule has 0 aromatic rings. The summed E-state index contributed by atoms with van der Waals surface area (Å²) in [4.78, 5) is 38.8. The molecule has 0 heterocycles. The van der Waals surface area contributed by atoms with E-state index in [4.69, 9.17) is 30.6 Å². The van der Waals surface area contributed by atoms with Crippen LogP contribution < -0.4 is 91.2 Å². The van der Waals surface area contributed by atoms with Gasteiger partial charge in [0, 0.05) is 0 Å². The standard InChI is InChI=1S/2C4H6O6.K.Na.4H2O/c2*5-1(3(7)8)2(6)4(9)10;;;;;;/h2*1-2,5-6H,(H,7,8)(H,9,10);;;4*1H2/q;;2*+1;;;;/p-2. The molecule has 0 fully saturated rings. The van der Waals surface area contributed by atoms with E-state index < -0.39 is 48.3 Å². The maximum absolute atomic E-state index is 9.77. The van der Waals surface area contributed by atoms with Crippen LogP contribution in [0.2, 0.25) is 0 Å². The molecule has 26 heavy (non-hydrogen) atoms. The fraction of sp³-hybridized carbons (Fsp3) is 0.500. The van der Waals surface area contributed by atoms with Crippen molar-refractivity contribution in [3.63, 3.8) is 0 Å². The predicted molar refractivity (Wildman–Crippen MR) is 63.8 cm³/mol. The summed E-state index contributed by atoms with van der Waals surface area (Å²) in [7, 11) is 0. The average molecular weight is 432 g/mol. The van der Waals surface area contributed by atoms with E-state index in [1.54, 1.807) is 0 Å². The Morgan fingerprint density at radius 2 is 0.731 bits per heavy atom. The van der Waals surface area contributed by atoms with Gasteiger partial charge in [0.15, 0.2) is 12.2 Å². The zero-order valence-electron chi connectivity index (χ0n) is 13.4. The van der Waals surface area contributed by atoms with Gasteiger partial charge in [-0.15, -0.1) is 0 Å². The van der Waals surface area contributed by atoms with E-state index in [1.807, 2.05) is 0 Å². The van der Waals surface area contributed by atoms with Crippen LogP contribution in [0.15, 0.2) is 0 Å². The molecule has 4 atom stereocenters. The van der Waals surface area contributed by atoms with Gasteiger partial charge in [0.2, 0.25) is 0 Å². The molecule has 148 valence electrons. The smallest absolute Gasteiger partial charge is 0.547 e. The molecule has 0 amide bonds. The van der Waals surface area contributed by atoms with Crippen LogP contribution in [-0.2, 0) is 19.2 Å². The first-order valence-corrected chi connectivity index (χ1v) is 4.53. The van der Waals surface area contributed by atoms with Crippen LogP contribution >= 0.6 is 0 Å². The minimum atomic E-state index is -2.44. The van der Waals surface area contributed by atoms with Gasteiger partial charge in [0.05, 0.1) is 11.9 Å². The molecule has 0 spiro atoms. The molecule has 0 aliphatic heterocycles. The van der Waals surface area contributed by atoms with Gasteiger partial charge >= 0.3 is 92.9 Å². The van der Waals surface area contributed by atoms with Gasteiger partial charge in [-0.3, -0.25) is 0 Å². The van der Waals surface area contributed by atoms with Gasteiger partial charge in [0.1, 0.15) is 12.2 Å². The average Bonchev–Trinajstić information content (AvgIpc) is 2.35. The minimum Gasteiger partial charge on any atom is -0.547 e. The van der Waals surface area contributed by atoms with Gasteiger partial charge in [0.25, 0.3) is 0 Å². The summed E-state index contributed by atoms with van der Waals surface area (Å²) in [6.45, 7) is 0. The Bertz CT molecular complexity index is 318. The van der Waals surface area contributed by atoms with Crippen molar-refractivity contribution in [2.75, 3.05) is 0 Å². The third-order valence-electron chi connectivity index (χ3n) is 1.59. The Morgan fingerprint density at radius 1 is 0.577 bits per heavy atom. The normalized spacial score (nSPS) is 12.2. The Labute approximate surface area is 209 Å². The number of carboxylic acid groups (broad SMARTS) is 4. The number of hydrogen-bond donors (Lipinski definition) is 6. The number of aliphatic carboxylic acids is 4. The van der Waals surface area contributed by atoms with E-state index in [0.29, 0.717) is 0 Å². The summed E-state index contributed by atoms with van der Waals surface area (Å²) in [5.74, 6) is -7.65. The van der Waals surface area contributed by atoms with Gasteiger partial charge in [-0.25, -0.2) is 9.59 Å². The van der Waals surface area contributed by atoms with E-state index in [1.165, 1.54) is 0 Å². The van der Waals surface area contributed by atoms with E-state index in [2.05, 4.69) is 0 Å². The van der Waals surface area contributed by atoms with Crippen molar-refractivity contribution in [2.24, 2.45) is 0 Å². The molecular formula is C8H18KNaO16. The van der Waals surface area contributed by atoms with Crippen molar-refractivity contribution < 1.29 is 163 Å². The summed E-state index contributed by atoms with van der Waals surface area (Å²) in [5, 5.41) is 68.3. The predicted octanol–water partition coefficient (Wildman–Crippen LogP) is -16.2. The topological polar surface area (TPSA) is 362 Å². The fourth-order valence-electron chi connectivity index (χ4n) is 0.528. The summed E-state index contributed by atoms with van der Waals surface area (Å²) >= 11 is 0. The number of aliphatic hydroxyl groups is 4. The van der Waals surface area contributed by atoms with Crippen LogP contribution in [0.25, 0.3) is 0 Å². The van der Waals surface area contributed by atoms with Crippen molar-refractivity contribution in [2.45, 2.75) is 24.4 Å². The van der Waals surface area contributed by atoms with Crippen LogP contribution in [0.3, 0.4) is 0 Å². The zero-order chi connectivity index (χ0) is 16.6. The van der Waals surface area contributed by atoms with E-state index >= 15 is 0 Å². The molecule has 16 nitrogen and oxygen atoms in total. The first kappa shape index (κ1) is 50.2. The minimum absolute atomic E-state index is 0. The molecule has 4 unspecified atom stereocenters. The monoisotopic (exact) mass is 432 g/mol. The summed E-state index contributed by atoms with van der Waals surface area (Å²) in [6.07, 6.45) is -9.41. The first-order valence-electron chi connectivity index (χ1n) is 4.53.